The Balaban J connectivity index is 2.79. The van der Waals surface area contributed by atoms with Crippen LogP contribution in [0, 0.1) is 11.3 Å². The number of nitrogens with zero attached hydrogens (tertiary/aromatic N) is 3. The van der Waals surface area contributed by atoms with Gasteiger partial charge in [-0.05, 0) is 35.0 Å². The van der Waals surface area contributed by atoms with Gasteiger partial charge >= 0.3 is 0 Å². The number of carbonyl (C=O) groups excluding carboxylic acids is 1. The van der Waals surface area contributed by atoms with Crippen molar-refractivity contribution in [3.05, 3.63) is 28.7 Å². The molecule has 6 heteroatoms. The van der Waals surface area contributed by atoms with E-state index < -0.39 is 11.9 Å². The number of rotatable bonds is 4. The average Bonchev–Trinajstić information content (AvgIpc) is 2.32. The van der Waals surface area contributed by atoms with Crippen LogP contribution in [0.25, 0.3) is 0 Å². The molecular formula is C11H11BrN4O. The molecule has 0 spiro atoms. The predicted octanol–water partition coefficient (Wildman–Crippen LogP) is 2.56. The number of nitriles is 1. The third kappa shape index (κ3) is 3.96. The summed E-state index contributed by atoms with van der Waals surface area (Å²) in [6.45, 7) is 2.23. The summed E-state index contributed by atoms with van der Waals surface area (Å²) < 4.78 is 0.760. The largest absolute Gasteiger partial charge is 0.354 e. The fourth-order valence-electron chi connectivity index (χ4n) is 1.06. The van der Waals surface area contributed by atoms with Gasteiger partial charge in [-0.3, -0.25) is 4.79 Å². The number of benzene rings is 1. The lowest BCUT2D eigenvalue weighted by atomic mass is 10.3. The first kappa shape index (κ1) is 13.3. The van der Waals surface area contributed by atoms with Crippen molar-refractivity contribution in [2.45, 2.75) is 13.0 Å². The van der Waals surface area contributed by atoms with Crippen molar-refractivity contribution in [2.24, 2.45) is 10.2 Å². The smallest absolute Gasteiger partial charge is 0.261 e. The van der Waals surface area contributed by atoms with E-state index in [9.17, 15) is 4.79 Å². The van der Waals surface area contributed by atoms with Gasteiger partial charge in [-0.25, -0.2) is 0 Å². The van der Waals surface area contributed by atoms with Gasteiger partial charge in [-0.1, -0.05) is 12.1 Å². The Morgan fingerprint density at radius 2 is 2.29 bits per heavy atom. The number of likely N-dealkylation sites (N-methyl/N-ethyl adjacent to an activating group) is 1. The number of amides is 1. The molecule has 1 rings (SSSR count). The van der Waals surface area contributed by atoms with Crippen molar-refractivity contribution in [3.8, 4) is 6.07 Å². The van der Waals surface area contributed by atoms with E-state index in [2.05, 4.69) is 31.5 Å². The Hall–Kier alpha value is -1.74. The number of azo groups is 1. The lowest BCUT2D eigenvalue weighted by molar-refractivity contribution is -0.121. The van der Waals surface area contributed by atoms with Crippen molar-refractivity contribution >= 4 is 27.5 Å². The van der Waals surface area contributed by atoms with Gasteiger partial charge in [0.05, 0.1) is 5.69 Å². The van der Waals surface area contributed by atoms with E-state index in [1.54, 1.807) is 25.1 Å². The summed E-state index contributed by atoms with van der Waals surface area (Å²) in [6, 6.07) is 7.86. The van der Waals surface area contributed by atoms with E-state index in [0.29, 0.717) is 12.2 Å². The van der Waals surface area contributed by atoms with Crippen molar-refractivity contribution in [1.82, 2.24) is 5.32 Å². The molecule has 0 aromatic heterocycles. The van der Waals surface area contributed by atoms with Gasteiger partial charge in [0, 0.05) is 11.0 Å². The second kappa shape index (κ2) is 6.76. The van der Waals surface area contributed by atoms with Crippen LogP contribution < -0.4 is 5.32 Å². The first-order valence-corrected chi connectivity index (χ1v) is 5.81. The van der Waals surface area contributed by atoms with Gasteiger partial charge in [-0.15, -0.1) is 0 Å². The van der Waals surface area contributed by atoms with Crippen molar-refractivity contribution in [3.63, 3.8) is 0 Å². The summed E-state index contributed by atoms with van der Waals surface area (Å²) in [7, 11) is 0. The third-order valence-electron chi connectivity index (χ3n) is 1.86. The van der Waals surface area contributed by atoms with Gasteiger partial charge < -0.3 is 5.32 Å². The maximum absolute atomic E-state index is 11.4. The molecule has 0 saturated heterocycles. The number of carbonyl (C=O) groups is 1. The summed E-state index contributed by atoms with van der Waals surface area (Å²) >= 11 is 3.30. The van der Waals surface area contributed by atoms with Crippen LogP contribution in [0.5, 0.6) is 0 Å². The maximum Gasteiger partial charge on any atom is 0.261 e. The molecule has 0 heterocycles. The molecule has 5 nitrogen and oxygen atoms in total. The first-order valence-electron chi connectivity index (χ1n) is 5.01. The Bertz CT molecular complexity index is 467. The van der Waals surface area contributed by atoms with E-state index in [4.69, 9.17) is 5.26 Å². The highest BCUT2D eigenvalue weighted by Crippen LogP contribution is 2.24. The molecule has 1 unspecified atom stereocenters. The second-order valence-corrected chi connectivity index (χ2v) is 3.95. The Morgan fingerprint density at radius 1 is 1.59 bits per heavy atom. The highest BCUT2D eigenvalue weighted by molar-refractivity contribution is 9.10. The second-order valence-electron chi connectivity index (χ2n) is 3.09. The van der Waals surface area contributed by atoms with Crippen molar-refractivity contribution in [1.29, 1.82) is 5.26 Å². The number of hydrogen-bond acceptors (Lipinski definition) is 4. The summed E-state index contributed by atoms with van der Waals surface area (Å²) in [6.07, 6.45) is 0. The molecular weight excluding hydrogens is 284 g/mol. The molecule has 88 valence electrons. The summed E-state index contributed by atoms with van der Waals surface area (Å²) in [5.74, 6) is -0.439. The van der Waals surface area contributed by atoms with Gasteiger partial charge in [0.15, 0.2) is 0 Å². The van der Waals surface area contributed by atoms with E-state index in [1.807, 2.05) is 12.1 Å². The zero-order valence-corrected chi connectivity index (χ0v) is 10.8. The zero-order chi connectivity index (χ0) is 12.7. The summed E-state index contributed by atoms with van der Waals surface area (Å²) in [5, 5.41) is 18.9. The van der Waals surface area contributed by atoms with Crippen LogP contribution in [0.15, 0.2) is 39.0 Å². The summed E-state index contributed by atoms with van der Waals surface area (Å²) in [5.41, 5.74) is 0.581. The van der Waals surface area contributed by atoms with E-state index in [-0.39, 0.29) is 0 Å². The van der Waals surface area contributed by atoms with Gasteiger partial charge in [0.2, 0.25) is 6.04 Å². The van der Waals surface area contributed by atoms with E-state index >= 15 is 0 Å². The fourth-order valence-corrected chi connectivity index (χ4v) is 1.42. The molecule has 0 saturated carbocycles. The van der Waals surface area contributed by atoms with Crippen LogP contribution in [0.3, 0.4) is 0 Å². The normalized spacial score (nSPS) is 12.1. The minimum absolute atomic E-state index is 0.439. The van der Waals surface area contributed by atoms with Crippen LogP contribution in [0.2, 0.25) is 0 Å². The third-order valence-corrected chi connectivity index (χ3v) is 2.53. The number of hydrogen-bond donors (Lipinski definition) is 1. The molecule has 1 atom stereocenters. The molecule has 17 heavy (non-hydrogen) atoms. The molecule has 1 aromatic rings. The van der Waals surface area contributed by atoms with E-state index in [0.717, 1.165) is 4.47 Å². The molecule has 0 aliphatic carbocycles. The number of nitrogens with one attached hydrogen (secondary N) is 1. The van der Waals surface area contributed by atoms with Crippen LogP contribution in [0.1, 0.15) is 6.92 Å². The van der Waals surface area contributed by atoms with Gasteiger partial charge in [-0.2, -0.15) is 15.5 Å². The van der Waals surface area contributed by atoms with Crippen LogP contribution >= 0.6 is 15.9 Å². The summed E-state index contributed by atoms with van der Waals surface area (Å²) in [4.78, 5) is 11.4. The SMILES string of the molecule is CCNC(=O)C(C#N)N=Nc1ccccc1Br. The average molecular weight is 295 g/mol. The fraction of sp³-hybridized carbons (Fsp3) is 0.273. The minimum atomic E-state index is -1.11. The van der Waals surface area contributed by atoms with Gasteiger partial charge in [0.1, 0.15) is 6.07 Å². The zero-order valence-electron chi connectivity index (χ0n) is 9.22. The first-order chi connectivity index (χ1) is 8.19. The monoisotopic (exact) mass is 294 g/mol. The molecule has 0 radical (unpaired) electrons. The van der Waals surface area contributed by atoms with Crippen LogP contribution in [-0.2, 0) is 4.79 Å². The molecule has 1 N–H and O–H groups in total. The lowest BCUT2D eigenvalue weighted by Crippen LogP contribution is -2.32. The minimum Gasteiger partial charge on any atom is -0.354 e. The molecule has 1 amide bonds. The molecule has 1 aromatic carbocycles. The molecule has 0 aliphatic rings. The standard InChI is InChI=1S/C11H11BrN4O/c1-2-14-11(17)10(7-13)16-15-9-6-4-3-5-8(9)12/h3-6,10H,2H2,1H3,(H,14,17). The molecule has 0 fully saturated rings. The Kier molecular flexibility index (Phi) is 5.30. The Morgan fingerprint density at radius 3 is 2.88 bits per heavy atom. The maximum atomic E-state index is 11.4. The van der Waals surface area contributed by atoms with Crippen molar-refractivity contribution < 1.29 is 4.79 Å². The predicted molar refractivity (Wildman–Crippen MR) is 66.7 cm³/mol. The van der Waals surface area contributed by atoms with E-state index in [1.165, 1.54) is 0 Å². The quantitative estimate of drug-likeness (QED) is 0.866. The highest BCUT2D eigenvalue weighted by Gasteiger charge is 2.15. The van der Waals surface area contributed by atoms with Crippen molar-refractivity contribution in [2.75, 3.05) is 6.54 Å². The molecule has 0 bridgehead atoms. The topological polar surface area (TPSA) is 77.6 Å². The van der Waals surface area contributed by atoms with Crippen LogP contribution in [-0.4, -0.2) is 18.5 Å². The molecule has 0 aliphatic heterocycles. The van der Waals surface area contributed by atoms with Gasteiger partial charge in [0.25, 0.3) is 5.91 Å². The lowest BCUT2D eigenvalue weighted by Gasteiger charge is -2.02. The van der Waals surface area contributed by atoms with Crippen LogP contribution in [0.4, 0.5) is 5.69 Å². The number of halogens is 1. The Labute approximate surface area is 108 Å². The highest BCUT2D eigenvalue weighted by atomic mass is 79.9.